The van der Waals surface area contributed by atoms with E-state index in [1.807, 2.05) is 0 Å². The minimum atomic E-state index is -1.80. The molecule has 7 fully saturated rings. The van der Waals surface area contributed by atoms with Gasteiger partial charge in [0, 0.05) is 0 Å². The third kappa shape index (κ3) is 7.51. The monoisotopic (exact) mass is 897 g/mol. The number of carbonyl (C=O) groups is 1. The molecule has 16 heteroatoms. The Bertz CT molecular complexity index is 1720. The molecule has 0 bridgehead atoms. The second-order valence-corrected chi connectivity index (χ2v) is 23.0. The van der Waals surface area contributed by atoms with Crippen molar-refractivity contribution in [2.45, 2.75) is 212 Å². The summed E-state index contributed by atoms with van der Waals surface area (Å²) in [4.78, 5) is 13.1. The van der Waals surface area contributed by atoms with Crippen LogP contribution in [0.5, 0.6) is 0 Å². The van der Waals surface area contributed by atoms with Crippen molar-refractivity contribution in [1.82, 2.24) is 0 Å². The predicted molar refractivity (Wildman–Crippen MR) is 223 cm³/mol. The standard InChI is InChI=1S/C47H76O16/c1-22-30(50)32(52)34(54)38(59-22)63-37-36(62-39-35(55)33(53)31(51)26(20-48)60-39)25(49)21-58-40(37)61-29-12-13-44(6)27(43(29,4)5)11-14-46(8)28(44)10-9-23-24-19-42(2,3)15-17-47(24,41(56)57)18-16-45(23,46)7/h9,22,24-40,48-55H,10-21H2,1-8H3,(H,56,57)/t22-,24-,25-,26+,27-,28+,29-,30-,31-,32+,33-,34+,35+,36-,37+,38-,39-,40-,44-,45+,46+,47-/m0/s1. The molecule has 0 aromatic heterocycles. The van der Waals surface area contributed by atoms with Gasteiger partial charge < -0.3 is 74.4 Å². The molecule has 5 aliphatic carbocycles. The van der Waals surface area contributed by atoms with Crippen LogP contribution >= 0.6 is 0 Å². The molecule has 9 N–H and O–H groups in total. The summed E-state index contributed by atoms with van der Waals surface area (Å²) in [6.07, 6.45) is -10.5. The molecule has 0 aromatic rings. The van der Waals surface area contributed by atoms with Crippen molar-refractivity contribution < 1.29 is 79.2 Å². The molecule has 3 aliphatic heterocycles. The molecule has 3 heterocycles. The third-order valence-electron chi connectivity index (χ3n) is 18.9. The van der Waals surface area contributed by atoms with E-state index in [2.05, 4.69) is 54.5 Å². The lowest BCUT2D eigenvalue weighted by atomic mass is 9.33. The van der Waals surface area contributed by atoms with Crippen LogP contribution in [0.15, 0.2) is 11.6 Å². The van der Waals surface area contributed by atoms with Crippen LogP contribution in [0.3, 0.4) is 0 Å². The smallest absolute Gasteiger partial charge is 0.310 e. The lowest BCUT2D eigenvalue weighted by Crippen LogP contribution is -2.67. The SMILES string of the molecule is C[C@@H]1O[C@@H](O[C@H]2[C@H](O[C@H]3CC[C@]4(C)[C@H]5CC=C6[C@@H]7CC(C)(C)CC[C@]7(C(=O)O)CC[C@@]6(C)[C@]5(C)CC[C@H]4C3(C)C)OC[C@H](O)[C@@H]2O[C@@H]2O[C@H](CO)[C@H](O)[C@H](O)[C@H]2O)[C@H](O)[C@H](O)[C@H]1O. The summed E-state index contributed by atoms with van der Waals surface area (Å²) in [7, 11) is 0. The minimum Gasteiger partial charge on any atom is -0.481 e. The second-order valence-electron chi connectivity index (χ2n) is 23.0. The Balaban J connectivity index is 1.07. The number of aliphatic hydroxyl groups excluding tert-OH is 8. The van der Waals surface area contributed by atoms with Gasteiger partial charge in [-0.2, -0.15) is 0 Å². The molecule has 0 radical (unpaired) electrons. The van der Waals surface area contributed by atoms with Gasteiger partial charge >= 0.3 is 5.97 Å². The summed E-state index contributed by atoms with van der Waals surface area (Å²) >= 11 is 0. The van der Waals surface area contributed by atoms with Gasteiger partial charge in [-0.25, -0.2) is 0 Å². The maximum atomic E-state index is 13.1. The molecule has 0 spiro atoms. The number of aliphatic hydroxyl groups is 8. The highest BCUT2D eigenvalue weighted by Crippen LogP contribution is 2.76. The van der Waals surface area contributed by atoms with Gasteiger partial charge in [0.15, 0.2) is 18.9 Å². The first-order valence-corrected chi connectivity index (χ1v) is 23.6. The van der Waals surface area contributed by atoms with E-state index in [0.717, 1.165) is 51.4 Å². The minimum absolute atomic E-state index is 0.0238. The number of carboxylic acid groups (broad SMARTS) is 1. The summed E-state index contributed by atoms with van der Waals surface area (Å²) in [5.41, 5.74) is 0.0522. The maximum Gasteiger partial charge on any atom is 0.310 e. The van der Waals surface area contributed by atoms with Gasteiger partial charge in [-0.1, -0.05) is 60.1 Å². The molecular formula is C47H76O16. The molecule has 0 aromatic carbocycles. The topological polar surface area (TPSA) is 255 Å². The van der Waals surface area contributed by atoms with Gasteiger partial charge in [0.05, 0.1) is 30.8 Å². The third-order valence-corrected chi connectivity index (χ3v) is 18.9. The van der Waals surface area contributed by atoms with Crippen molar-refractivity contribution in [3.63, 3.8) is 0 Å². The number of hydrogen-bond donors (Lipinski definition) is 9. The van der Waals surface area contributed by atoms with Gasteiger partial charge in [0.2, 0.25) is 0 Å². The first-order valence-electron chi connectivity index (χ1n) is 23.6. The molecule has 0 unspecified atom stereocenters. The summed E-state index contributed by atoms with van der Waals surface area (Å²) in [6.45, 7) is 16.9. The number of aliphatic carboxylic acids is 1. The summed E-state index contributed by atoms with van der Waals surface area (Å²) in [6, 6.07) is 0. The highest BCUT2D eigenvalue weighted by atomic mass is 16.8. The fraction of sp³-hybridized carbons (Fsp3) is 0.936. The predicted octanol–water partition coefficient (Wildman–Crippen LogP) is 2.37. The number of rotatable bonds is 8. The Morgan fingerprint density at radius 3 is 2.02 bits per heavy atom. The van der Waals surface area contributed by atoms with Crippen molar-refractivity contribution in [2.24, 2.45) is 50.2 Å². The molecule has 22 atom stereocenters. The lowest BCUT2D eigenvalue weighted by molar-refractivity contribution is -0.388. The first-order chi connectivity index (χ1) is 29.4. The van der Waals surface area contributed by atoms with Gasteiger partial charge in [-0.15, -0.1) is 0 Å². The van der Waals surface area contributed by atoms with E-state index in [0.29, 0.717) is 18.8 Å². The molecule has 8 aliphatic rings. The van der Waals surface area contributed by atoms with Crippen LogP contribution in [0.4, 0.5) is 0 Å². The molecule has 16 nitrogen and oxygen atoms in total. The molecule has 360 valence electrons. The average molecular weight is 897 g/mol. The molecule has 3 saturated heterocycles. The van der Waals surface area contributed by atoms with Crippen LogP contribution in [-0.4, -0.2) is 157 Å². The van der Waals surface area contributed by atoms with Crippen molar-refractivity contribution >= 4 is 5.97 Å². The van der Waals surface area contributed by atoms with Crippen LogP contribution in [0.2, 0.25) is 0 Å². The Kier molecular flexibility index (Phi) is 12.8. The normalized spacial score (nSPS) is 54.1. The highest BCUT2D eigenvalue weighted by Gasteiger charge is 2.70. The largest absolute Gasteiger partial charge is 0.481 e. The van der Waals surface area contributed by atoms with E-state index in [9.17, 15) is 50.8 Å². The van der Waals surface area contributed by atoms with Crippen LogP contribution < -0.4 is 0 Å². The summed E-state index contributed by atoms with van der Waals surface area (Å²) in [5.74, 6) is -0.0609. The highest BCUT2D eigenvalue weighted by molar-refractivity contribution is 5.76. The van der Waals surface area contributed by atoms with Crippen molar-refractivity contribution in [3.05, 3.63) is 11.6 Å². The van der Waals surface area contributed by atoms with Crippen molar-refractivity contribution in [1.29, 1.82) is 0 Å². The number of fused-ring (bicyclic) bond motifs is 7. The Morgan fingerprint density at radius 2 is 1.35 bits per heavy atom. The zero-order chi connectivity index (χ0) is 46.0. The Morgan fingerprint density at radius 1 is 0.714 bits per heavy atom. The van der Waals surface area contributed by atoms with E-state index in [-0.39, 0.29) is 40.1 Å². The number of carboxylic acids is 1. The number of hydrogen-bond acceptors (Lipinski definition) is 15. The molecule has 4 saturated carbocycles. The van der Waals surface area contributed by atoms with Gasteiger partial charge in [0.25, 0.3) is 0 Å². The zero-order valence-corrected chi connectivity index (χ0v) is 38.3. The molecule has 0 amide bonds. The van der Waals surface area contributed by atoms with Crippen LogP contribution in [-0.2, 0) is 33.2 Å². The maximum absolute atomic E-state index is 13.1. The number of allylic oxidation sites excluding steroid dienone is 2. The zero-order valence-electron chi connectivity index (χ0n) is 38.3. The molecular weight excluding hydrogens is 821 g/mol. The molecule has 8 rings (SSSR count). The van der Waals surface area contributed by atoms with Gasteiger partial charge in [0.1, 0.15) is 61.0 Å². The fourth-order valence-corrected chi connectivity index (χ4v) is 14.8. The van der Waals surface area contributed by atoms with E-state index in [4.69, 9.17) is 28.4 Å². The summed E-state index contributed by atoms with van der Waals surface area (Å²) in [5, 5.41) is 96.2. The van der Waals surface area contributed by atoms with Crippen LogP contribution in [0, 0.1) is 50.2 Å². The van der Waals surface area contributed by atoms with E-state index in [1.54, 1.807) is 0 Å². The van der Waals surface area contributed by atoms with E-state index >= 15 is 0 Å². The van der Waals surface area contributed by atoms with Crippen LogP contribution in [0.1, 0.15) is 120 Å². The molecule has 63 heavy (non-hydrogen) atoms. The second kappa shape index (κ2) is 16.7. The summed E-state index contributed by atoms with van der Waals surface area (Å²) < 4.78 is 37.1. The van der Waals surface area contributed by atoms with Crippen LogP contribution in [0.25, 0.3) is 0 Å². The van der Waals surface area contributed by atoms with Crippen molar-refractivity contribution in [2.75, 3.05) is 13.2 Å². The van der Waals surface area contributed by atoms with Gasteiger partial charge in [-0.05, 0) is 116 Å². The fourth-order valence-electron chi connectivity index (χ4n) is 14.8. The first kappa shape index (κ1) is 48.1. The van der Waals surface area contributed by atoms with E-state index < -0.39 is 116 Å². The Hall–Kier alpha value is -1.35. The van der Waals surface area contributed by atoms with Gasteiger partial charge in [-0.3, -0.25) is 4.79 Å². The lowest BCUT2D eigenvalue weighted by Gasteiger charge is -2.71. The van der Waals surface area contributed by atoms with Crippen molar-refractivity contribution in [3.8, 4) is 0 Å². The quantitative estimate of drug-likeness (QED) is 0.125. The Labute approximate surface area is 371 Å². The average Bonchev–Trinajstić information content (AvgIpc) is 3.22. The number of ether oxygens (including phenoxy) is 6. The van der Waals surface area contributed by atoms with E-state index in [1.165, 1.54) is 12.5 Å².